The summed E-state index contributed by atoms with van der Waals surface area (Å²) in [6.45, 7) is 7.62. The van der Waals surface area contributed by atoms with Gasteiger partial charge in [0, 0.05) is 5.56 Å². The fourth-order valence-corrected chi connectivity index (χ4v) is 2.24. The second kappa shape index (κ2) is 6.00. The minimum atomic E-state index is -0.574. The summed E-state index contributed by atoms with van der Waals surface area (Å²) < 4.78 is 5.74. The minimum Gasteiger partial charge on any atom is -0.480 e. The highest BCUT2D eigenvalue weighted by atomic mass is 16.5. The maximum absolute atomic E-state index is 12.5. The lowest BCUT2D eigenvalue weighted by atomic mass is 9.99. The van der Waals surface area contributed by atoms with Crippen LogP contribution in [0.4, 0.5) is 5.69 Å². The van der Waals surface area contributed by atoms with Crippen molar-refractivity contribution in [2.45, 2.75) is 33.8 Å². The molecule has 2 N–H and O–H groups in total. The molecule has 0 aromatic heterocycles. The quantitative estimate of drug-likeness (QED) is 0.685. The van der Waals surface area contributed by atoms with Crippen molar-refractivity contribution in [1.82, 2.24) is 0 Å². The van der Waals surface area contributed by atoms with Gasteiger partial charge in [-0.15, -0.1) is 0 Å². The molecule has 0 aliphatic heterocycles. The van der Waals surface area contributed by atoms with Gasteiger partial charge in [-0.1, -0.05) is 23.8 Å². The SMILES string of the molecule is Cc1ccc(OC(C)C(=O)c2cc(C)ccc2C)c(N)c1. The Morgan fingerprint density at radius 3 is 2.33 bits per heavy atom. The number of nitrogens with two attached hydrogens (primary N) is 1. The number of hydrogen-bond donors (Lipinski definition) is 1. The zero-order valence-corrected chi connectivity index (χ0v) is 12.9. The first kappa shape index (κ1) is 15.1. The molecular weight excluding hydrogens is 262 g/mol. The van der Waals surface area contributed by atoms with Gasteiger partial charge in [-0.2, -0.15) is 0 Å². The molecule has 3 heteroatoms. The van der Waals surface area contributed by atoms with Gasteiger partial charge in [-0.25, -0.2) is 0 Å². The number of carbonyl (C=O) groups excluding carboxylic acids is 1. The van der Waals surface area contributed by atoms with E-state index in [-0.39, 0.29) is 5.78 Å². The first-order chi connectivity index (χ1) is 9.88. The summed E-state index contributed by atoms with van der Waals surface area (Å²) in [4.78, 5) is 12.5. The molecule has 2 aromatic carbocycles. The number of benzene rings is 2. The molecule has 2 rings (SSSR count). The summed E-state index contributed by atoms with van der Waals surface area (Å²) in [6.07, 6.45) is -0.574. The van der Waals surface area contributed by atoms with Gasteiger partial charge in [-0.05, 0) is 57.0 Å². The molecule has 1 atom stereocenters. The fourth-order valence-electron chi connectivity index (χ4n) is 2.24. The molecule has 0 saturated carbocycles. The Kier molecular flexibility index (Phi) is 4.32. The molecule has 0 aliphatic carbocycles. The van der Waals surface area contributed by atoms with Crippen molar-refractivity contribution < 1.29 is 9.53 Å². The predicted molar refractivity (Wildman–Crippen MR) is 85.9 cm³/mol. The number of nitrogen functional groups attached to an aromatic ring is 1. The van der Waals surface area contributed by atoms with Crippen LogP contribution in [-0.4, -0.2) is 11.9 Å². The van der Waals surface area contributed by atoms with Crippen molar-refractivity contribution in [2.24, 2.45) is 0 Å². The van der Waals surface area contributed by atoms with E-state index in [1.54, 1.807) is 13.0 Å². The highest BCUT2D eigenvalue weighted by Gasteiger charge is 2.19. The van der Waals surface area contributed by atoms with E-state index in [2.05, 4.69) is 0 Å². The molecule has 0 heterocycles. The van der Waals surface area contributed by atoms with Crippen LogP contribution < -0.4 is 10.5 Å². The molecule has 0 amide bonds. The molecule has 0 aliphatic rings. The lowest BCUT2D eigenvalue weighted by Crippen LogP contribution is -2.25. The van der Waals surface area contributed by atoms with Crippen molar-refractivity contribution in [3.05, 3.63) is 58.7 Å². The molecule has 0 fully saturated rings. The summed E-state index contributed by atoms with van der Waals surface area (Å²) in [5.41, 5.74) is 10.3. The highest BCUT2D eigenvalue weighted by Crippen LogP contribution is 2.24. The number of ether oxygens (including phenoxy) is 1. The van der Waals surface area contributed by atoms with E-state index in [1.807, 2.05) is 51.1 Å². The monoisotopic (exact) mass is 283 g/mol. The van der Waals surface area contributed by atoms with Gasteiger partial charge >= 0.3 is 0 Å². The van der Waals surface area contributed by atoms with E-state index in [0.717, 1.165) is 16.7 Å². The Morgan fingerprint density at radius 1 is 1.05 bits per heavy atom. The number of hydrogen-bond acceptors (Lipinski definition) is 3. The molecule has 110 valence electrons. The zero-order chi connectivity index (χ0) is 15.6. The van der Waals surface area contributed by atoms with Crippen molar-refractivity contribution in [3.8, 4) is 5.75 Å². The smallest absolute Gasteiger partial charge is 0.203 e. The molecule has 3 nitrogen and oxygen atoms in total. The average molecular weight is 283 g/mol. The van der Waals surface area contributed by atoms with Crippen LogP contribution >= 0.6 is 0 Å². The van der Waals surface area contributed by atoms with Crippen LogP contribution in [-0.2, 0) is 0 Å². The topological polar surface area (TPSA) is 52.3 Å². The first-order valence-corrected chi connectivity index (χ1v) is 7.02. The number of carbonyl (C=O) groups is 1. The van der Waals surface area contributed by atoms with Gasteiger partial charge < -0.3 is 10.5 Å². The third-order valence-corrected chi connectivity index (χ3v) is 3.50. The molecule has 0 spiro atoms. The van der Waals surface area contributed by atoms with Crippen molar-refractivity contribution >= 4 is 11.5 Å². The van der Waals surface area contributed by atoms with Crippen molar-refractivity contribution in [2.75, 3.05) is 5.73 Å². The van der Waals surface area contributed by atoms with Gasteiger partial charge in [-0.3, -0.25) is 4.79 Å². The Morgan fingerprint density at radius 2 is 1.67 bits per heavy atom. The molecular formula is C18H21NO2. The predicted octanol–water partition coefficient (Wildman–Crippen LogP) is 3.84. The van der Waals surface area contributed by atoms with Crippen LogP contribution in [0.15, 0.2) is 36.4 Å². The molecule has 0 bridgehead atoms. The number of anilines is 1. The third kappa shape index (κ3) is 3.43. The van der Waals surface area contributed by atoms with Crippen LogP contribution in [0.25, 0.3) is 0 Å². The Balaban J connectivity index is 2.21. The van der Waals surface area contributed by atoms with Crippen LogP contribution in [0.3, 0.4) is 0 Å². The van der Waals surface area contributed by atoms with Crippen molar-refractivity contribution in [3.63, 3.8) is 0 Å². The van der Waals surface area contributed by atoms with Crippen LogP contribution in [0.2, 0.25) is 0 Å². The van der Waals surface area contributed by atoms with Gasteiger partial charge in [0.05, 0.1) is 5.69 Å². The summed E-state index contributed by atoms with van der Waals surface area (Å²) in [7, 11) is 0. The normalized spacial score (nSPS) is 12.0. The zero-order valence-electron chi connectivity index (χ0n) is 12.9. The summed E-state index contributed by atoms with van der Waals surface area (Å²) in [6, 6.07) is 11.4. The Bertz CT molecular complexity index is 677. The second-order valence-electron chi connectivity index (χ2n) is 5.48. The highest BCUT2D eigenvalue weighted by molar-refractivity contribution is 6.00. The van der Waals surface area contributed by atoms with E-state index >= 15 is 0 Å². The molecule has 21 heavy (non-hydrogen) atoms. The van der Waals surface area contributed by atoms with Gasteiger partial charge in [0.2, 0.25) is 5.78 Å². The van der Waals surface area contributed by atoms with E-state index in [4.69, 9.17) is 10.5 Å². The van der Waals surface area contributed by atoms with Crippen LogP contribution in [0, 0.1) is 20.8 Å². The van der Waals surface area contributed by atoms with Crippen LogP contribution in [0.1, 0.15) is 34.0 Å². The maximum atomic E-state index is 12.5. The molecule has 1 unspecified atom stereocenters. The average Bonchev–Trinajstić information content (AvgIpc) is 2.43. The Labute approximate surface area is 125 Å². The standard InChI is InChI=1S/C18H21NO2/c1-11-5-7-13(3)15(9-11)18(20)14(4)21-17-8-6-12(2)10-16(17)19/h5-10,14H,19H2,1-4H3. The van der Waals surface area contributed by atoms with Gasteiger partial charge in [0.1, 0.15) is 5.75 Å². The summed E-state index contributed by atoms with van der Waals surface area (Å²) in [5, 5.41) is 0. The first-order valence-electron chi connectivity index (χ1n) is 7.02. The van der Waals surface area contributed by atoms with Crippen LogP contribution in [0.5, 0.6) is 5.75 Å². The van der Waals surface area contributed by atoms with E-state index in [9.17, 15) is 4.79 Å². The third-order valence-electron chi connectivity index (χ3n) is 3.50. The maximum Gasteiger partial charge on any atom is 0.203 e. The fraction of sp³-hybridized carbons (Fsp3) is 0.278. The Hall–Kier alpha value is -2.29. The lowest BCUT2D eigenvalue weighted by molar-refractivity contribution is 0.0818. The second-order valence-corrected chi connectivity index (χ2v) is 5.48. The molecule has 0 radical (unpaired) electrons. The number of Topliss-reactive ketones (excluding diaryl/α,β-unsaturated/α-hetero) is 1. The molecule has 0 saturated heterocycles. The number of rotatable bonds is 4. The van der Waals surface area contributed by atoms with E-state index < -0.39 is 6.10 Å². The van der Waals surface area contributed by atoms with Gasteiger partial charge in [0.15, 0.2) is 6.10 Å². The molecule has 2 aromatic rings. The number of ketones is 1. The minimum absolute atomic E-state index is 0.0313. The van der Waals surface area contributed by atoms with E-state index in [0.29, 0.717) is 17.0 Å². The van der Waals surface area contributed by atoms with E-state index in [1.165, 1.54) is 0 Å². The summed E-state index contributed by atoms with van der Waals surface area (Å²) in [5.74, 6) is 0.517. The van der Waals surface area contributed by atoms with Gasteiger partial charge in [0.25, 0.3) is 0 Å². The lowest BCUT2D eigenvalue weighted by Gasteiger charge is -2.17. The number of aryl methyl sites for hydroxylation is 3. The summed E-state index contributed by atoms with van der Waals surface area (Å²) >= 11 is 0. The van der Waals surface area contributed by atoms with Crippen molar-refractivity contribution in [1.29, 1.82) is 0 Å². The largest absolute Gasteiger partial charge is 0.480 e.